The van der Waals surface area contributed by atoms with Gasteiger partial charge in [-0.15, -0.1) is 6.58 Å². The fraction of sp³-hybridized carbons (Fsp3) is 0.750. The average Bonchev–Trinajstić information content (AvgIpc) is 2.12. The van der Waals surface area contributed by atoms with E-state index in [4.69, 9.17) is 9.84 Å². The Bertz CT molecular complexity index is 133. The molecule has 0 bridgehead atoms. The quantitative estimate of drug-likeness (QED) is 0.591. The average molecular weight is 142 g/mol. The lowest BCUT2D eigenvalue weighted by molar-refractivity contribution is -0.128. The van der Waals surface area contributed by atoms with Crippen molar-refractivity contribution in [2.45, 2.75) is 38.1 Å². The van der Waals surface area contributed by atoms with Crippen LogP contribution in [0.5, 0.6) is 0 Å². The highest BCUT2D eigenvalue weighted by atomic mass is 16.6. The highest BCUT2D eigenvalue weighted by molar-refractivity contribution is 4.88. The second-order valence-electron chi connectivity index (χ2n) is 3.05. The Hall–Kier alpha value is -0.340. The van der Waals surface area contributed by atoms with Gasteiger partial charge in [-0.05, 0) is 19.8 Å². The SMILES string of the molecule is C=CC[C@]1(C)CCC(O)O1. The molecule has 2 heteroatoms. The molecule has 1 aliphatic heterocycles. The highest BCUT2D eigenvalue weighted by Gasteiger charge is 2.33. The number of hydrogen-bond donors (Lipinski definition) is 1. The maximum absolute atomic E-state index is 9.03. The monoisotopic (exact) mass is 142 g/mol. The normalized spacial score (nSPS) is 40.0. The molecule has 0 aliphatic carbocycles. The van der Waals surface area contributed by atoms with E-state index in [1.165, 1.54) is 0 Å². The summed E-state index contributed by atoms with van der Waals surface area (Å²) < 4.78 is 5.27. The van der Waals surface area contributed by atoms with Gasteiger partial charge in [0.15, 0.2) is 6.29 Å². The Balaban J connectivity index is 2.45. The standard InChI is InChI=1S/C8H14O2/c1-3-5-8(2)6-4-7(9)10-8/h3,7,9H,1,4-6H2,2H3/t7?,8-/m1/s1. The Morgan fingerprint density at radius 1 is 1.90 bits per heavy atom. The van der Waals surface area contributed by atoms with E-state index >= 15 is 0 Å². The molecule has 0 amide bonds. The molecule has 1 fully saturated rings. The first-order valence-electron chi connectivity index (χ1n) is 3.63. The maximum Gasteiger partial charge on any atom is 0.155 e. The predicted octanol–water partition coefficient (Wildman–Crippen LogP) is 1.45. The largest absolute Gasteiger partial charge is 0.368 e. The van der Waals surface area contributed by atoms with Crippen molar-refractivity contribution in [3.8, 4) is 0 Å². The molecule has 1 unspecified atom stereocenters. The summed E-state index contributed by atoms with van der Waals surface area (Å²) in [5.74, 6) is 0. The molecule has 58 valence electrons. The molecule has 0 radical (unpaired) electrons. The second-order valence-corrected chi connectivity index (χ2v) is 3.05. The molecule has 1 saturated heterocycles. The summed E-state index contributed by atoms with van der Waals surface area (Å²) in [6, 6.07) is 0. The molecule has 0 aromatic carbocycles. The topological polar surface area (TPSA) is 29.5 Å². The number of aliphatic hydroxyl groups is 1. The van der Waals surface area contributed by atoms with Crippen molar-refractivity contribution in [1.82, 2.24) is 0 Å². The van der Waals surface area contributed by atoms with Crippen molar-refractivity contribution >= 4 is 0 Å². The van der Waals surface area contributed by atoms with Gasteiger partial charge >= 0.3 is 0 Å². The zero-order chi connectivity index (χ0) is 7.61. The highest BCUT2D eigenvalue weighted by Crippen LogP contribution is 2.31. The third-order valence-corrected chi connectivity index (χ3v) is 1.92. The zero-order valence-corrected chi connectivity index (χ0v) is 6.34. The van der Waals surface area contributed by atoms with Crippen molar-refractivity contribution in [1.29, 1.82) is 0 Å². The van der Waals surface area contributed by atoms with Crippen LogP contribution in [-0.4, -0.2) is 17.0 Å². The number of aliphatic hydroxyl groups excluding tert-OH is 1. The number of ether oxygens (including phenoxy) is 1. The first-order chi connectivity index (χ1) is 4.66. The molecule has 2 atom stereocenters. The number of hydrogen-bond acceptors (Lipinski definition) is 2. The third-order valence-electron chi connectivity index (χ3n) is 1.92. The molecule has 2 nitrogen and oxygen atoms in total. The molecule has 0 saturated carbocycles. The van der Waals surface area contributed by atoms with Crippen molar-refractivity contribution in [3.63, 3.8) is 0 Å². The van der Waals surface area contributed by atoms with Crippen LogP contribution in [0.1, 0.15) is 26.2 Å². The zero-order valence-electron chi connectivity index (χ0n) is 6.34. The molecular formula is C8H14O2. The first-order valence-corrected chi connectivity index (χ1v) is 3.63. The van der Waals surface area contributed by atoms with Gasteiger partial charge in [0, 0.05) is 6.42 Å². The van der Waals surface area contributed by atoms with Gasteiger partial charge in [0.2, 0.25) is 0 Å². The van der Waals surface area contributed by atoms with E-state index in [1.54, 1.807) is 0 Å². The minimum Gasteiger partial charge on any atom is -0.368 e. The summed E-state index contributed by atoms with van der Waals surface area (Å²) in [6.45, 7) is 5.64. The lowest BCUT2D eigenvalue weighted by atomic mass is 9.99. The molecule has 1 rings (SSSR count). The van der Waals surface area contributed by atoms with Crippen LogP contribution in [0.15, 0.2) is 12.7 Å². The van der Waals surface area contributed by atoms with Crippen LogP contribution in [0.2, 0.25) is 0 Å². The molecule has 0 spiro atoms. The van der Waals surface area contributed by atoms with Gasteiger partial charge in [-0.25, -0.2) is 0 Å². The molecule has 1 aliphatic rings. The fourth-order valence-electron chi connectivity index (χ4n) is 1.33. The van der Waals surface area contributed by atoms with E-state index in [2.05, 4.69) is 6.58 Å². The molecule has 1 N–H and O–H groups in total. The molecule has 0 aromatic rings. The van der Waals surface area contributed by atoms with Gasteiger partial charge < -0.3 is 9.84 Å². The number of rotatable bonds is 2. The smallest absolute Gasteiger partial charge is 0.155 e. The van der Waals surface area contributed by atoms with Gasteiger partial charge in [-0.2, -0.15) is 0 Å². The summed E-state index contributed by atoms with van der Waals surface area (Å²) in [7, 11) is 0. The van der Waals surface area contributed by atoms with E-state index in [-0.39, 0.29) is 5.60 Å². The molecule has 1 heterocycles. The van der Waals surface area contributed by atoms with Crippen molar-refractivity contribution in [3.05, 3.63) is 12.7 Å². The van der Waals surface area contributed by atoms with E-state index < -0.39 is 6.29 Å². The van der Waals surface area contributed by atoms with Gasteiger partial charge in [-0.3, -0.25) is 0 Å². The summed E-state index contributed by atoms with van der Waals surface area (Å²) >= 11 is 0. The van der Waals surface area contributed by atoms with Gasteiger partial charge in [-0.1, -0.05) is 6.08 Å². The van der Waals surface area contributed by atoms with E-state index in [9.17, 15) is 0 Å². The lowest BCUT2D eigenvalue weighted by Gasteiger charge is -2.21. The van der Waals surface area contributed by atoms with Crippen molar-refractivity contribution in [2.75, 3.05) is 0 Å². The first kappa shape index (κ1) is 7.76. The fourth-order valence-corrected chi connectivity index (χ4v) is 1.33. The van der Waals surface area contributed by atoms with E-state index in [0.717, 1.165) is 19.3 Å². The van der Waals surface area contributed by atoms with Gasteiger partial charge in [0.1, 0.15) is 0 Å². The van der Waals surface area contributed by atoms with Crippen LogP contribution < -0.4 is 0 Å². The Morgan fingerprint density at radius 2 is 2.60 bits per heavy atom. The lowest BCUT2D eigenvalue weighted by Crippen LogP contribution is -2.23. The van der Waals surface area contributed by atoms with Crippen LogP contribution in [0.4, 0.5) is 0 Å². The third kappa shape index (κ3) is 1.58. The van der Waals surface area contributed by atoms with Crippen LogP contribution in [0.3, 0.4) is 0 Å². The summed E-state index contributed by atoms with van der Waals surface area (Å²) in [4.78, 5) is 0. The molecular weight excluding hydrogens is 128 g/mol. The van der Waals surface area contributed by atoms with Crippen molar-refractivity contribution in [2.24, 2.45) is 0 Å². The molecule has 0 aromatic heterocycles. The van der Waals surface area contributed by atoms with E-state index in [0.29, 0.717) is 0 Å². The summed E-state index contributed by atoms with van der Waals surface area (Å²) in [5, 5.41) is 9.03. The summed E-state index contributed by atoms with van der Waals surface area (Å²) in [5.41, 5.74) is -0.152. The van der Waals surface area contributed by atoms with Crippen LogP contribution in [0.25, 0.3) is 0 Å². The Morgan fingerprint density at radius 3 is 3.00 bits per heavy atom. The summed E-state index contributed by atoms with van der Waals surface area (Å²) in [6.07, 6.45) is 3.79. The Labute approximate surface area is 61.5 Å². The van der Waals surface area contributed by atoms with Crippen molar-refractivity contribution < 1.29 is 9.84 Å². The van der Waals surface area contributed by atoms with Gasteiger partial charge in [0.05, 0.1) is 5.60 Å². The van der Waals surface area contributed by atoms with Crippen LogP contribution in [-0.2, 0) is 4.74 Å². The maximum atomic E-state index is 9.03. The molecule has 10 heavy (non-hydrogen) atoms. The second kappa shape index (κ2) is 2.72. The van der Waals surface area contributed by atoms with E-state index in [1.807, 2.05) is 13.0 Å². The minimum absolute atomic E-state index is 0.152. The Kier molecular flexibility index (Phi) is 2.11. The van der Waals surface area contributed by atoms with Crippen LogP contribution in [0, 0.1) is 0 Å². The minimum atomic E-state index is -0.551. The van der Waals surface area contributed by atoms with Gasteiger partial charge in [0.25, 0.3) is 0 Å². The van der Waals surface area contributed by atoms with Crippen LogP contribution >= 0.6 is 0 Å². The predicted molar refractivity (Wildman–Crippen MR) is 39.5 cm³/mol.